The number of nitrogens with zero attached hydrogens (tertiary/aromatic N) is 1. The van der Waals surface area contributed by atoms with Crippen molar-refractivity contribution in [1.82, 2.24) is 0 Å². The lowest BCUT2D eigenvalue weighted by atomic mass is 9.85. The van der Waals surface area contributed by atoms with E-state index < -0.39 is 39.2 Å². The first-order valence-corrected chi connectivity index (χ1v) is 9.39. The Morgan fingerprint density at radius 1 is 1.27 bits per heavy atom. The van der Waals surface area contributed by atoms with Gasteiger partial charge in [0.25, 0.3) is 0 Å². The second-order valence-electron chi connectivity index (χ2n) is 6.72. The summed E-state index contributed by atoms with van der Waals surface area (Å²) in [4.78, 5) is -0.0953. The van der Waals surface area contributed by atoms with Gasteiger partial charge in [-0.15, -0.1) is 0 Å². The van der Waals surface area contributed by atoms with Crippen LogP contribution in [-0.4, -0.2) is 20.3 Å². The molecule has 0 aromatic heterocycles. The third kappa shape index (κ3) is 2.16. The van der Waals surface area contributed by atoms with Crippen molar-refractivity contribution in [3.8, 4) is 17.6 Å². The van der Waals surface area contributed by atoms with Crippen molar-refractivity contribution < 1.29 is 26.3 Å². The van der Waals surface area contributed by atoms with E-state index in [-0.39, 0.29) is 33.1 Å². The Hall–Kier alpha value is -2.53. The number of alkyl halides is 2. The molecule has 0 saturated carbocycles. The first-order chi connectivity index (χ1) is 12.2. The molecule has 2 aliphatic rings. The van der Waals surface area contributed by atoms with E-state index in [4.69, 9.17) is 10.00 Å². The maximum atomic E-state index is 14.7. The second-order valence-corrected chi connectivity index (χ2v) is 8.68. The molecule has 0 fully saturated rings. The lowest BCUT2D eigenvalue weighted by molar-refractivity contribution is 0.129. The second kappa shape index (κ2) is 5.24. The largest absolute Gasteiger partial charge is 0.457 e. The van der Waals surface area contributed by atoms with Crippen LogP contribution in [0.3, 0.4) is 0 Å². The molecule has 0 radical (unpaired) electrons. The summed E-state index contributed by atoms with van der Waals surface area (Å²) < 4.78 is 73.0. The molecule has 4 rings (SSSR count). The van der Waals surface area contributed by atoms with E-state index in [2.05, 4.69) is 0 Å². The summed E-state index contributed by atoms with van der Waals surface area (Å²) >= 11 is 0. The number of rotatable bonds is 2. The van der Waals surface area contributed by atoms with Crippen LogP contribution in [0.15, 0.2) is 35.2 Å². The van der Waals surface area contributed by atoms with Crippen LogP contribution in [-0.2, 0) is 15.3 Å². The molecule has 3 unspecified atom stereocenters. The molecule has 4 nitrogen and oxygen atoms in total. The van der Waals surface area contributed by atoms with Crippen molar-refractivity contribution in [1.29, 1.82) is 5.26 Å². The summed E-state index contributed by atoms with van der Waals surface area (Å²) in [5, 5.41) is 8.91. The monoisotopic (exact) mass is 379 g/mol. The first-order valence-electron chi connectivity index (χ1n) is 7.74. The average Bonchev–Trinajstić information content (AvgIpc) is 2.90. The molecule has 0 spiro atoms. The van der Waals surface area contributed by atoms with Crippen LogP contribution in [0.25, 0.3) is 0 Å². The number of ether oxygens (including phenoxy) is 1. The fourth-order valence-corrected chi connectivity index (χ4v) is 6.01. The molecule has 8 heteroatoms. The van der Waals surface area contributed by atoms with Gasteiger partial charge in [-0.25, -0.2) is 21.6 Å². The van der Waals surface area contributed by atoms with Gasteiger partial charge in [0.2, 0.25) is 0 Å². The van der Waals surface area contributed by atoms with E-state index in [1.54, 1.807) is 6.07 Å². The fourth-order valence-electron chi connectivity index (χ4n) is 3.84. The minimum Gasteiger partial charge on any atom is -0.457 e. The van der Waals surface area contributed by atoms with Crippen molar-refractivity contribution in [2.75, 3.05) is 5.75 Å². The molecule has 0 amide bonds. The predicted molar refractivity (Wildman–Crippen MR) is 85.8 cm³/mol. The van der Waals surface area contributed by atoms with Gasteiger partial charge >= 0.3 is 0 Å². The fraction of sp³-hybridized carbons (Fsp3) is 0.278. The molecule has 0 saturated heterocycles. The Morgan fingerprint density at radius 2 is 2.00 bits per heavy atom. The Kier molecular flexibility index (Phi) is 3.41. The minimum absolute atomic E-state index is 0.00478. The molecule has 0 bridgehead atoms. The number of hydrogen-bond donors (Lipinski definition) is 0. The normalized spacial score (nSPS) is 27.8. The summed E-state index contributed by atoms with van der Waals surface area (Å²) in [5.74, 6) is -1.38. The highest BCUT2D eigenvalue weighted by Crippen LogP contribution is 2.58. The lowest BCUT2D eigenvalue weighted by Crippen LogP contribution is -2.33. The molecular weight excluding hydrogens is 367 g/mol. The molecule has 2 aromatic rings. The summed E-state index contributed by atoms with van der Waals surface area (Å²) in [7, 11) is -3.71. The van der Waals surface area contributed by atoms with E-state index in [1.165, 1.54) is 25.1 Å². The summed E-state index contributed by atoms with van der Waals surface area (Å²) in [6.07, 6.45) is -4.08. The lowest BCUT2D eigenvalue weighted by Gasteiger charge is -2.21. The van der Waals surface area contributed by atoms with Crippen LogP contribution >= 0.6 is 0 Å². The van der Waals surface area contributed by atoms with Crippen molar-refractivity contribution in [2.24, 2.45) is 0 Å². The highest BCUT2D eigenvalue weighted by Gasteiger charge is 2.60. The molecule has 3 atom stereocenters. The van der Waals surface area contributed by atoms with Gasteiger partial charge in [-0.1, -0.05) is 6.92 Å². The maximum absolute atomic E-state index is 14.7. The van der Waals surface area contributed by atoms with Crippen molar-refractivity contribution in [2.45, 2.75) is 29.6 Å². The summed E-state index contributed by atoms with van der Waals surface area (Å²) in [6, 6.07) is 7.53. The van der Waals surface area contributed by atoms with E-state index in [1.807, 2.05) is 0 Å². The van der Waals surface area contributed by atoms with Crippen LogP contribution < -0.4 is 4.74 Å². The van der Waals surface area contributed by atoms with Crippen LogP contribution in [0.2, 0.25) is 0 Å². The van der Waals surface area contributed by atoms with Crippen molar-refractivity contribution in [3.63, 3.8) is 0 Å². The maximum Gasteiger partial charge on any atom is 0.179 e. The molecule has 26 heavy (non-hydrogen) atoms. The zero-order chi connectivity index (χ0) is 18.9. The highest BCUT2D eigenvalue weighted by molar-refractivity contribution is 7.91. The molecule has 134 valence electrons. The van der Waals surface area contributed by atoms with E-state index >= 15 is 0 Å². The molecule has 1 aliphatic heterocycles. The Morgan fingerprint density at radius 3 is 2.69 bits per heavy atom. The van der Waals surface area contributed by atoms with Gasteiger partial charge in [-0.2, -0.15) is 5.26 Å². The van der Waals surface area contributed by atoms with Gasteiger partial charge in [0, 0.05) is 17.0 Å². The molecule has 1 aliphatic carbocycles. The third-order valence-corrected chi connectivity index (χ3v) is 6.92. The van der Waals surface area contributed by atoms with E-state index in [9.17, 15) is 21.6 Å². The Balaban J connectivity index is 1.89. The van der Waals surface area contributed by atoms with Gasteiger partial charge < -0.3 is 4.74 Å². The Bertz CT molecular complexity index is 1090. The summed E-state index contributed by atoms with van der Waals surface area (Å²) in [6.45, 7) is 1.38. The Labute approximate surface area is 147 Å². The zero-order valence-corrected chi connectivity index (χ0v) is 14.3. The zero-order valence-electron chi connectivity index (χ0n) is 13.5. The van der Waals surface area contributed by atoms with Crippen LogP contribution in [0.4, 0.5) is 13.2 Å². The van der Waals surface area contributed by atoms with Crippen LogP contribution in [0.5, 0.6) is 11.5 Å². The number of sulfone groups is 1. The van der Waals surface area contributed by atoms with Gasteiger partial charge in [0.1, 0.15) is 23.5 Å². The van der Waals surface area contributed by atoms with Gasteiger partial charge in [-0.05, 0) is 29.8 Å². The molecule has 1 heterocycles. The number of halogens is 3. The third-order valence-electron chi connectivity index (χ3n) is 4.93. The SMILES string of the molecule is CC12CS(=O)(=O)c3ccc(Oc4cc(F)cc(C#N)c4)c(c31)C(F)C2F. The van der Waals surface area contributed by atoms with Crippen molar-refractivity contribution >= 4 is 9.84 Å². The first kappa shape index (κ1) is 16.9. The van der Waals surface area contributed by atoms with E-state index in [0.29, 0.717) is 0 Å². The van der Waals surface area contributed by atoms with Gasteiger partial charge in [-0.3, -0.25) is 0 Å². The van der Waals surface area contributed by atoms with E-state index in [0.717, 1.165) is 12.1 Å². The number of nitriles is 1. The quantitative estimate of drug-likeness (QED) is 0.794. The van der Waals surface area contributed by atoms with Crippen molar-refractivity contribution in [3.05, 3.63) is 52.8 Å². The smallest absolute Gasteiger partial charge is 0.179 e. The number of hydrogen-bond acceptors (Lipinski definition) is 4. The molecule has 2 aromatic carbocycles. The van der Waals surface area contributed by atoms with Gasteiger partial charge in [0.15, 0.2) is 16.0 Å². The van der Waals surface area contributed by atoms with Crippen LogP contribution in [0.1, 0.15) is 29.8 Å². The number of benzene rings is 2. The minimum atomic E-state index is -3.71. The predicted octanol–water partition coefficient (Wildman–Crippen LogP) is 3.90. The summed E-state index contributed by atoms with van der Waals surface area (Å²) in [5.41, 5.74) is -1.55. The van der Waals surface area contributed by atoms with Crippen LogP contribution in [0, 0.1) is 17.1 Å². The standard InChI is InChI=1S/C18H12F3NO3S/c1-18-8-26(23,24)13-3-2-12(14(15(13)18)16(20)17(18)21)25-11-5-9(7-22)4-10(19)6-11/h2-6,16-17H,8H2,1H3. The topological polar surface area (TPSA) is 67.2 Å². The molecular formula is C18H12F3NO3S. The average molecular weight is 379 g/mol. The molecule has 0 N–H and O–H groups in total. The highest BCUT2D eigenvalue weighted by atomic mass is 32.2. The van der Waals surface area contributed by atoms with Gasteiger partial charge in [0.05, 0.1) is 22.3 Å².